The quantitative estimate of drug-likeness (QED) is 0.300. The lowest BCUT2D eigenvalue weighted by Gasteiger charge is -2.29. The van der Waals surface area contributed by atoms with Gasteiger partial charge in [0, 0.05) is 36.6 Å². The summed E-state index contributed by atoms with van der Waals surface area (Å²) in [5, 5.41) is 16.4. The Morgan fingerprint density at radius 1 is 1.09 bits per heavy atom. The van der Waals surface area contributed by atoms with Crippen molar-refractivity contribution in [3.05, 3.63) is 87.1 Å². The number of piperidine rings is 1. The average Bonchev–Trinajstić information content (AvgIpc) is 3.00. The summed E-state index contributed by atoms with van der Waals surface area (Å²) in [5.41, 5.74) is 4.20. The maximum atomic E-state index is 12.9. The molecule has 1 aliphatic rings. The number of methoxy groups -OCH3 is 1. The van der Waals surface area contributed by atoms with Gasteiger partial charge in [0.2, 0.25) is 5.88 Å². The van der Waals surface area contributed by atoms with Crippen molar-refractivity contribution in [2.24, 2.45) is 13.0 Å². The van der Waals surface area contributed by atoms with E-state index in [1.165, 1.54) is 26.4 Å². The van der Waals surface area contributed by atoms with E-state index in [1.54, 1.807) is 12.3 Å². The third-order valence-corrected chi connectivity index (χ3v) is 8.12. The number of carboxylic acids is 1. The topological polar surface area (TPSA) is 140 Å². The number of rotatable bonds is 8. The van der Waals surface area contributed by atoms with Crippen LogP contribution in [0.1, 0.15) is 34.5 Å². The SMILES string of the molecule is COc1nc(-c2cccc(-c3cccc(NC(=O)c4ccnn(C)c4=O)c3C)c2Cl)cnc1CN1CCC(C(=O)O)CC1. The van der Waals surface area contributed by atoms with E-state index in [1.807, 2.05) is 37.3 Å². The Morgan fingerprint density at radius 3 is 2.51 bits per heavy atom. The van der Waals surface area contributed by atoms with Gasteiger partial charge < -0.3 is 15.2 Å². The number of aryl methyl sites for hydroxylation is 1. The Balaban J connectivity index is 1.40. The molecule has 2 aromatic heterocycles. The number of hydrogen-bond donors (Lipinski definition) is 2. The first-order valence-corrected chi connectivity index (χ1v) is 14.1. The molecular formula is C31H31ClN6O5. The number of aliphatic carboxylic acids is 1. The molecule has 1 saturated heterocycles. The molecule has 4 aromatic rings. The van der Waals surface area contributed by atoms with Gasteiger partial charge in [-0.05, 0) is 56.1 Å². The second kappa shape index (κ2) is 12.7. The fraction of sp³-hybridized carbons (Fsp3) is 0.290. The Bertz CT molecular complexity index is 1750. The number of carbonyl (C=O) groups is 2. The van der Waals surface area contributed by atoms with E-state index in [9.17, 15) is 19.5 Å². The largest absolute Gasteiger partial charge is 0.481 e. The minimum absolute atomic E-state index is 0.0111. The second-order valence-corrected chi connectivity index (χ2v) is 10.8. The first kappa shape index (κ1) is 29.9. The highest BCUT2D eigenvalue weighted by atomic mass is 35.5. The number of amides is 1. The van der Waals surface area contributed by atoms with Crippen molar-refractivity contribution in [3.63, 3.8) is 0 Å². The first-order valence-electron chi connectivity index (χ1n) is 13.8. The lowest BCUT2D eigenvalue weighted by Crippen LogP contribution is -2.36. The maximum Gasteiger partial charge on any atom is 0.306 e. The van der Waals surface area contributed by atoms with E-state index in [4.69, 9.17) is 21.3 Å². The zero-order valence-corrected chi connectivity index (χ0v) is 24.8. The number of hydrogen-bond acceptors (Lipinski definition) is 8. The van der Waals surface area contributed by atoms with Crippen molar-refractivity contribution >= 4 is 29.2 Å². The number of carbonyl (C=O) groups excluding carboxylic acids is 1. The minimum Gasteiger partial charge on any atom is -0.481 e. The van der Waals surface area contributed by atoms with Gasteiger partial charge in [0.25, 0.3) is 11.5 Å². The van der Waals surface area contributed by atoms with Crippen LogP contribution >= 0.6 is 11.6 Å². The summed E-state index contributed by atoms with van der Waals surface area (Å²) in [6.45, 7) is 3.69. The van der Waals surface area contributed by atoms with E-state index in [-0.39, 0.29) is 11.5 Å². The predicted molar refractivity (Wildman–Crippen MR) is 162 cm³/mol. The van der Waals surface area contributed by atoms with Crippen LogP contribution in [0, 0.1) is 12.8 Å². The van der Waals surface area contributed by atoms with Crippen LogP contribution in [0.4, 0.5) is 5.69 Å². The normalized spacial score (nSPS) is 14.0. The molecule has 0 unspecified atom stereocenters. The standard InChI is InChI=1S/C31H31ClN6O5/c1-18-20(6-5-9-24(18)35-28(39)23-10-13-34-37(2)30(23)40)21-7-4-8-22(27(21)32)25-16-33-26(29(36-25)43-3)17-38-14-11-19(12-15-38)31(41)42/h4-10,13,16,19H,11-12,14-15,17H2,1-3H3,(H,35,39)(H,41,42). The van der Waals surface area contributed by atoms with Gasteiger partial charge in [0.15, 0.2) is 0 Å². The summed E-state index contributed by atoms with van der Waals surface area (Å²) in [6, 6.07) is 12.5. The zero-order chi connectivity index (χ0) is 30.7. The summed E-state index contributed by atoms with van der Waals surface area (Å²) in [6.07, 6.45) is 4.25. The van der Waals surface area contributed by atoms with E-state index >= 15 is 0 Å². The molecule has 11 nitrogen and oxygen atoms in total. The predicted octanol–water partition coefficient (Wildman–Crippen LogP) is 4.42. The van der Waals surface area contributed by atoms with Gasteiger partial charge in [-0.15, -0.1) is 0 Å². The van der Waals surface area contributed by atoms with Gasteiger partial charge in [-0.2, -0.15) is 5.10 Å². The fourth-order valence-corrected chi connectivity index (χ4v) is 5.54. The van der Waals surface area contributed by atoms with Crippen LogP contribution in [0.3, 0.4) is 0 Å². The van der Waals surface area contributed by atoms with Crippen LogP contribution < -0.4 is 15.6 Å². The molecular weight excluding hydrogens is 572 g/mol. The summed E-state index contributed by atoms with van der Waals surface area (Å²) in [4.78, 5) is 48.1. The van der Waals surface area contributed by atoms with Crippen molar-refractivity contribution in [2.75, 3.05) is 25.5 Å². The van der Waals surface area contributed by atoms with Crippen molar-refractivity contribution in [1.82, 2.24) is 24.6 Å². The Hall–Kier alpha value is -4.61. The number of anilines is 1. The van der Waals surface area contributed by atoms with Gasteiger partial charge in [-0.1, -0.05) is 41.9 Å². The van der Waals surface area contributed by atoms with Gasteiger partial charge in [0.05, 0.1) is 29.9 Å². The van der Waals surface area contributed by atoms with Crippen molar-refractivity contribution < 1.29 is 19.4 Å². The lowest BCUT2D eigenvalue weighted by molar-refractivity contribution is -0.143. The highest BCUT2D eigenvalue weighted by Crippen LogP contribution is 2.39. The number of likely N-dealkylation sites (tertiary alicyclic amines) is 1. The monoisotopic (exact) mass is 602 g/mol. The highest BCUT2D eigenvalue weighted by molar-refractivity contribution is 6.36. The number of aromatic nitrogens is 4. The Labute approximate surface area is 253 Å². The van der Waals surface area contributed by atoms with E-state index < -0.39 is 17.4 Å². The Morgan fingerprint density at radius 2 is 1.79 bits per heavy atom. The molecule has 2 N–H and O–H groups in total. The van der Waals surface area contributed by atoms with Crippen molar-refractivity contribution in [3.8, 4) is 28.3 Å². The van der Waals surface area contributed by atoms with Gasteiger partial charge in [0.1, 0.15) is 11.3 Å². The summed E-state index contributed by atoms with van der Waals surface area (Å²) in [7, 11) is 3.02. The van der Waals surface area contributed by atoms with Crippen LogP contribution in [0.2, 0.25) is 5.02 Å². The molecule has 0 spiro atoms. The molecule has 1 amide bonds. The van der Waals surface area contributed by atoms with Crippen molar-refractivity contribution in [2.45, 2.75) is 26.3 Å². The third-order valence-electron chi connectivity index (χ3n) is 7.71. The number of halogens is 1. The number of nitrogens with one attached hydrogen (secondary N) is 1. The fourth-order valence-electron chi connectivity index (χ4n) is 5.22. The van der Waals surface area contributed by atoms with Gasteiger partial charge in [-0.25, -0.2) is 9.67 Å². The van der Waals surface area contributed by atoms with Crippen LogP contribution in [-0.4, -0.2) is 61.8 Å². The molecule has 3 heterocycles. The molecule has 0 aliphatic carbocycles. The molecule has 0 bridgehead atoms. The van der Waals surface area contributed by atoms with E-state index in [2.05, 4.69) is 20.3 Å². The van der Waals surface area contributed by atoms with Gasteiger partial charge >= 0.3 is 5.97 Å². The average molecular weight is 603 g/mol. The van der Waals surface area contributed by atoms with E-state index in [0.29, 0.717) is 66.0 Å². The second-order valence-electron chi connectivity index (χ2n) is 10.4. The van der Waals surface area contributed by atoms with E-state index in [0.717, 1.165) is 21.4 Å². The highest BCUT2D eigenvalue weighted by Gasteiger charge is 2.26. The smallest absolute Gasteiger partial charge is 0.306 e. The zero-order valence-electron chi connectivity index (χ0n) is 24.0. The number of nitrogens with zero attached hydrogens (tertiary/aromatic N) is 5. The molecule has 5 rings (SSSR count). The summed E-state index contributed by atoms with van der Waals surface area (Å²) in [5.74, 6) is -1.21. The van der Waals surface area contributed by atoms with Crippen LogP contribution in [0.5, 0.6) is 5.88 Å². The van der Waals surface area contributed by atoms with Crippen LogP contribution in [0.15, 0.2) is 59.7 Å². The van der Waals surface area contributed by atoms with Crippen LogP contribution in [0.25, 0.3) is 22.4 Å². The Kier molecular flexibility index (Phi) is 8.84. The molecule has 0 saturated carbocycles. The molecule has 0 radical (unpaired) electrons. The first-order chi connectivity index (χ1) is 20.7. The van der Waals surface area contributed by atoms with Gasteiger partial charge in [-0.3, -0.25) is 24.3 Å². The summed E-state index contributed by atoms with van der Waals surface area (Å²) < 4.78 is 6.69. The molecule has 43 heavy (non-hydrogen) atoms. The molecule has 2 aromatic carbocycles. The van der Waals surface area contributed by atoms with Crippen molar-refractivity contribution in [1.29, 1.82) is 0 Å². The maximum absolute atomic E-state index is 12.9. The molecule has 12 heteroatoms. The number of ether oxygens (including phenoxy) is 1. The van der Waals surface area contributed by atoms with Crippen LogP contribution in [-0.2, 0) is 18.4 Å². The molecule has 222 valence electrons. The molecule has 1 fully saturated rings. The number of benzene rings is 2. The minimum atomic E-state index is -0.746. The third kappa shape index (κ3) is 6.27. The number of carboxylic acid groups (broad SMARTS) is 1. The summed E-state index contributed by atoms with van der Waals surface area (Å²) >= 11 is 6.97. The molecule has 1 aliphatic heterocycles. The molecule has 0 atom stereocenters. The lowest BCUT2D eigenvalue weighted by atomic mass is 9.96.